The summed E-state index contributed by atoms with van der Waals surface area (Å²) in [5.74, 6) is 0.137. The fraction of sp³-hybridized carbons (Fsp3) is 0.333. The van der Waals surface area contributed by atoms with E-state index in [1.165, 1.54) is 5.56 Å². The van der Waals surface area contributed by atoms with Gasteiger partial charge >= 0.3 is 0 Å². The molecule has 1 atom stereocenters. The van der Waals surface area contributed by atoms with E-state index in [1.54, 1.807) is 12.4 Å². The summed E-state index contributed by atoms with van der Waals surface area (Å²) in [7, 11) is 0. The molecule has 1 fully saturated rings. The van der Waals surface area contributed by atoms with Gasteiger partial charge in [0.1, 0.15) is 0 Å². The number of rotatable bonds is 4. The fourth-order valence-electron chi connectivity index (χ4n) is 2.94. The lowest BCUT2D eigenvalue weighted by molar-refractivity contribution is -0.121. The Bertz CT molecular complexity index is 645. The molecule has 2 aromatic rings. The highest BCUT2D eigenvalue weighted by atomic mass is 79.9. The summed E-state index contributed by atoms with van der Waals surface area (Å²) in [5, 5.41) is 2.97. The molecule has 1 N–H and O–H groups in total. The van der Waals surface area contributed by atoms with E-state index in [1.807, 2.05) is 12.1 Å². The first kappa shape index (κ1) is 16.1. The Morgan fingerprint density at radius 3 is 2.87 bits per heavy atom. The molecule has 1 aromatic heterocycles. The van der Waals surface area contributed by atoms with Gasteiger partial charge in [-0.3, -0.25) is 14.7 Å². The van der Waals surface area contributed by atoms with Crippen LogP contribution in [0.3, 0.4) is 0 Å². The van der Waals surface area contributed by atoms with Crippen molar-refractivity contribution in [1.29, 1.82) is 0 Å². The number of nitrogens with zero attached hydrogens (tertiary/aromatic N) is 2. The molecule has 0 spiro atoms. The average molecular weight is 374 g/mol. The van der Waals surface area contributed by atoms with Crippen molar-refractivity contribution in [3.63, 3.8) is 0 Å². The predicted molar refractivity (Wildman–Crippen MR) is 95.0 cm³/mol. The summed E-state index contributed by atoms with van der Waals surface area (Å²) in [6, 6.07) is 12.1. The van der Waals surface area contributed by atoms with E-state index in [2.05, 4.69) is 55.4 Å². The van der Waals surface area contributed by atoms with E-state index in [0.717, 1.165) is 42.6 Å². The molecule has 5 heteroatoms. The minimum Gasteiger partial charge on any atom is -0.324 e. The SMILES string of the molecule is O=C(Nc1cccnc1)C1CCCN(Cc2ccc(Br)cc2)C1. The van der Waals surface area contributed by atoms with Gasteiger partial charge in [-0.1, -0.05) is 28.1 Å². The minimum atomic E-state index is 0.0411. The first-order valence-corrected chi connectivity index (χ1v) is 8.68. The molecule has 1 aromatic carbocycles. The zero-order valence-electron chi connectivity index (χ0n) is 12.9. The summed E-state index contributed by atoms with van der Waals surface area (Å²) in [5.41, 5.74) is 2.05. The number of carbonyl (C=O) groups is 1. The second-order valence-corrected chi connectivity index (χ2v) is 6.85. The van der Waals surface area contributed by atoms with Gasteiger partial charge in [0.05, 0.1) is 17.8 Å². The van der Waals surface area contributed by atoms with Crippen LogP contribution in [0.4, 0.5) is 5.69 Å². The van der Waals surface area contributed by atoms with Gasteiger partial charge in [-0.25, -0.2) is 0 Å². The van der Waals surface area contributed by atoms with E-state index < -0.39 is 0 Å². The van der Waals surface area contributed by atoms with Gasteiger partial charge in [0.2, 0.25) is 5.91 Å². The lowest BCUT2D eigenvalue weighted by Gasteiger charge is -2.32. The fourth-order valence-corrected chi connectivity index (χ4v) is 3.21. The summed E-state index contributed by atoms with van der Waals surface area (Å²) in [4.78, 5) is 18.8. The molecule has 3 rings (SSSR count). The molecule has 0 saturated carbocycles. The highest BCUT2D eigenvalue weighted by molar-refractivity contribution is 9.10. The van der Waals surface area contributed by atoms with Crippen molar-refractivity contribution < 1.29 is 4.79 Å². The van der Waals surface area contributed by atoms with E-state index in [9.17, 15) is 4.79 Å². The zero-order valence-corrected chi connectivity index (χ0v) is 14.5. The van der Waals surface area contributed by atoms with Crippen LogP contribution in [0.2, 0.25) is 0 Å². The summed E-state index contributed by atoms with van der Waals surface area (Å²) in [6.07, 6.45) is 5.39. The van der Waals surface area contributed by atoms with Crippen molar-refractivity contribution in [2.45, 2.75) is 19.4 Å². The van der Waals surface area contributed by atoms with Gasteiger partial charge in [0.15, 0.2) is 0 Å². The smallest absolute Gasteiger partial charge is 0.228 e. The number of piperidine rings is 1. The number of halogens is 1. The van der Waals surface area contributed by atoms with Crippen molar-refractivity contribution in [3.05, 3.63) is 58.8 Å². The predicted octanol–water partition coefficient (Wildman–Crippen LogP) is 3.69. The Morgan fingerprint density at radius 2 is 2.13 bits per heavy atom. The Labute approximate surface area is 145 Å². The molecule has 0 bridgehead atoms. The van der Waals surface area contributed by atoms with E-state index in [0.29, 0.717) is 0 Å². The van der Waals surface area contributed by atoms with Crippen molar-refractivity contribution in [1.82, 2.24) is 9.88 Å². The quantitative estimate of drug-likeness (QED) is 0.888. The normalized spacial score (nSPS) is 18.6. The van der Waals surface area contributed by atoms with Gasteiger partial charge < -0.3 is 5.32 Å². The second kappa shape index (κ2) is 7.70. The van der Waals surface area contributed by atoms with Crippen molar-refractivity contribution in [3.8, 4) is 0 Å². The number of anilines is 1. The standard InChI is InChI=1S/C18H20BrN3O/c19-16-7-5-14(6-8-16)12-22-10-2-3-15(13-22)18(23)21-17-4-1-9-20-11-17/h1,4-9,11,15H,2-3,10,12-13H2,(H,21,23). The van der Waals surface area contributed by atoms with E-state index in [-0.39, 0.29) is 11.8 Å². The lowest BCUT2D eigenvalue weighted by atomic mass is 9.96. The minimum absolute atomic E-state index is 0.0411. The van der Waals surface area contributed by atoms with Gasteiger partial charge in [0.25, 0.3) is 0 Å². The molecule has 120 valence electrons. The molecule has 23 heavy (non-hydrogen) atoms. The topological polar surface area (TPSA) is 45.2 Å². The highest BCUT2D eigenvalue weighted by Gasteiger charge is 2.25. The molecule has 1 saturated heterocycles. The number of carbonyl (C=O) groups excluding carboxylic acids is 1. The number of benzene rings is 1. The summed E-state index contributed by atoms with van der Waals surface area (Å²) < 4.78 is 1.09. The zero-order chi connectivity index (χ0) is 16.1. The first-order chi connectivity index (χ1) is 11.2. The number of likely N-dealkylation sites (tertiary alicyclic amines) is 1. The number of nitrogens with one attached hydrogen (secondary N) is 1. The maximum Gasteiger partial charge on any atom is 0.228 e. The molecule has 1 aliphatic rings. The average Bonchev–Trinajstić information content (AvgIpc) is 2.58. The third-order valence-electron chi connectivity index (χ3n) is 4.12. The molecule has 1 aliphatic heterocycles. The molecular weight excluding hydrogens is 354 g/mol. The van der Waals surface area contributed by atoms with Crippen LogP contribution in [0.25, 0.3) is 0 Å². The molecule has 4 nitrogen and oxygen atoms in total. The van der Waals surface area contributed by atoms with Crippen LogP contribution < -0.4 is 5.32 Å². The summed E-state index contributed by atoms with van der Waals surface area (Å²) >= 11 is 3.46. The number of hydrogen-bond acceptors (Lipinski definition) is 3. The Hall–Kier alpha value is -1.72. The Balaban J connectivity index is 1.57. The van der Waals surface area contributed by atoms with Crippen molar-refractivity contribution >= 4 is 27.5 Å². The molecule has 2 heterocycles. The van der Waals surface area contributed by atoms with Crippen molar-refractivity contribution in [2.75, 3.05) is 18.4 Å². The second-order valence-electron chi connectivity index (χ2n) is 5.93. The van der Waals surface area contributed by atoms with Crippen LogP contribution in [0.1, 0.15) is 18.4 Å². The van der Waals surface area contributed by atoms with Crippen LogP contribution in [-0.4, -0.2) is 28.9 Å². The van der Waals surface area contributed by atoms with Crippen LogP contribution in [0.15, 0.2) is 53.3 Å². The number of amides is 1. The maximum atomic E-state index is 12.4. The van der Waals surface area contributed by atoms with Gasteiger partial charge in [-0.15, -0.1) is 0 Å². The summed E-state index contributed by atoms with van der Waals surface area (Å²) in [6.45, 7) is 2.75. The van der Waals surface area contributed by atoms with Gasteiger partial charge in [-0.05, 0) is 49.2 Å². The van der Waals surface area contributed by atoms with Gasteiger partial charge in [-0.2, -0.15) is 0 Å². The third kappa shape index (κ3) is 4.62. The first-order valence-electron chi connectivity index (χ1n) is 7.88. The molecular formula is C18H20BrN3O. The monoisotopic (exact) mass is 373 g/mol. The number of pyridine rings is 1. The number of aromatic nitrogens is 1. The largest absolute Gasteiger partial charge is 0.324 e. The number of hydrogen-bond donors (Lipinski definition) is 1. The third-order valence-corrected chi connectivity index (χ3v) is 4.65. The van der Waals surface area contributed by atoms with Crippen LogP contribution in [-0.2, 0) is 11.3 Å². The van der Waals surface area contributed by atoms with Gasteiger partial charge in [0, 0.05) is 23.8 Å². The Kier molecular flexibility index (Phi) is 5.41. The molecule has 1 amide bonds. The Morgan fingerprint density at radius 1 is 1.30 bits per heavy atom. The van der Waals surface area contributed by atoms with Crippen LogP contribution in [0.5, 0.6) is 0 Å². The highest BCUT2D eigenvalue weighted by Crippen LogP contribution is 2.21. The molecule has 0 aliphatic carbocycles. The molecule has 1 unspecified atom stereocenters. The van der Waals surface area contributed by atoms with E-state index >= 15 is 0 Å². The van der Waals surface area contributed by atoms with Crippen LogP contribution >= 0.6 is 15.9 Å². The molecule has 0 radical (unpaired) electrons. The lowest BCUT2D eigenvalue weighted by Crippen LogP contribution is -2.40. The maximum absolute atomic E-state index is 12.4. The van der Waals surface area contributed by atoms with Crippen molar-refractivity contribution in [2.24, 2.45) is 5.92 Å². The van der Waals surface area contributed by atoms with E-state index in [4.69, 9.17) is 0 Å². The van der Waals surface area contributed by atoms with Crippen LogP contribution in [0, 0.1) is 5.92 Å².